The molecule has 0 aromatic heterocycles. The lowest BCUT2D eigenvalue weighted by atomic mass is 9.78. The molecule has 0 aromatic carbocycles. The second kappa shape index (κ2) is 5.10. The van der Waals surface area contributed by atoms with Gasteiger partial charge in [-0.2, -0.15) is 0 Å². The minimum absolute atomic E-state index is 0.263. The second-order valence-electron chi connectivity index (χ2n) is 4.57. The number of carbonyl (C=O) groups excluding carboxylic acids is 2. The van der Waals surface area contributed by atoms with Gasteiger partial charge in [0, 0.05) is 5.92 Å². The number of ether oxygens (including phenoxy) is 1. The molecule has 0 saturated heterocycles. The maximum absolute atomic E-state index is 11.7. The van der Waals surface area contributed by atoms with Crippen molar-refractivity contribution in [2.45, 2.75) is 40.7 Å². The standard InChI is InChI=1S/C12H20O3/c1-7-12(5,6)9(4)10(13)11(14)15-8(2)3/h7-9H,1H2,2-6H3. The quantitative estimate of drug-likeness (QED) is 0.399. The highest BCUT2D eigenvalue weighted by Gasteiger charge is 2.33. The molecule has 1 atom stereocenters. The van der Waals surface area contributed by atoms with Gasteiger partial charge in [-0.05, 0) is 19.3 Å². The van der Waals surface area contributed by atoms with Crippen molar-refractivity contribution in [1.29, 1.82) is 0 Å². The van der Waals surface area contributed by atoms with Crippen LogP contribution in [0.2, 0.25) is 0 Å². The van der Waals surface area contributed by atoms with Gasteiger partial charge >= 0.3 is 5.97 Å². The van der Waals surface area contributed by atoms with Gasteiger partial charge in [-0.15, -0.1) is 6.58 Å². The van der Waals surface area contributed by atoms with E-state index < -0.39 is 23.1 Å². The normalized spacial score (nSPS) is 13.5. The molecule has 0 spiro atoms. The van der Waals surface area contributed by atoms with Gasteiger partial charge in [0.15, 0.2) is 0 Å². The van der Waals surface area contributed by atoms with E-state index in [1.807, 2.05) is 13.8 Å². The van der Waals surface area contributed by atoms with Gasteiger partial charge < -0.3 is 4.74 Å². The third-order valence-electron chi connectivity index (χ3n) is 2.58. The van der Waals surface area contributed by atoms with Crippen LogP contribution in [0.25, 0.3) is 0 Å². The molecule has 0 saturated carbocycles. The fraction of sp³-hybridized carbons (Fsp3) is 0.667. The average Bonchev–Trinajstić information content (AvgIpc) is 2.14. The van der Waals surface area contributed by atoms with E-state index in [2.05, 4.69) is 6.58 Å². The lowest BCUT2D eigenvalue weighted by Gasteiger charge is -2.26. The number of carbonyl (C=O) groups is 2. The summed E-state index contributed by atoms with van der Waals surface area (Å²) in [6, 6.07) is 0. The molecule has 0 aromatic rings. The minimum Gasteiger partial charge on any atom is -0.457 e. The van der Waals surface area contributed by atoms with Crippen LogP contribution in [0.5, 0.6) is 0 Å². The summed E-state index contributed by atoms with van der Waals surface area (Å²) in [5.74, 6) is -1.66. The Labute approximate surface area is 91.5 Å². The van der Waals surface area contributed by atoms with Gasteiger partial charge in [-0.25, -0.2) is 4.79 Å². The van der Waals surface area contributed by atoms with Gasteiger partial charge in [0.05, 0.1) is 6.10 Å². The van der Waals surface area contributed by atoms with E-state index in [4.69, 9.17) is 4.74 Å². The molecule has 0 heterocycles. The zero-order chi connectivity index (χ0) is 12.2. The van der Waals surface area contributed by atoms with Crippen molar-refractivity contribution in [3.05, 3.63) is 12.7 Å². The lowest BCUT2D eigenvalue weighted by Crippen LogP contribution is -2.34. The second-order valence-corrected chi connectivity index (χ2v) is 4.57. The number of hydrogen-bond donors (Lipinski definition) is 0. The monoisotopic (exact) mass is 212 g/mol. The van der Waals surface area contributed by atoms with Crippen molar-refractivity contribution in [1.82, 2.24) is 0 Å². The van der Waals surface area contributed by atoms with Crippen molar-refractivity contribution in [2.75, 3.05) is 0 Å². The Balaban J connectivity index is 4.58. The summed E-state index contributed by atoms with van der Waals surface area (Å²) in [6.07, 6.45) is 1.42. The highest BCUT2D eigenvalue weighted by atomic mass is 16.5. The molecular formula is C12H20O3. The van der Waals surface area contributed by atoms with Gasteiger partial charge in [-0.3, -0.25) is 4.79 Å². The molecule has 0 rings (SSSR count). The zero-order valence-corrected chi connectivity index (χ0v) is 10.2. The van der Waals surface area contributed by atoms with Crippen LogP contribution in [0, 0.1) is 11.3 Å². The van der Waals surface area contributed by atoms with E-state index in [1.165, 1.54) is 0 Å². The predicted octanol–water partition coefficient (Wildman–Crippen LogP) is 2.36. The maximum atomic E-state index is 11.7. The van der Waals surface area contributed by atoms with Gasteiger partial charge in [0.1, 0.15) is 0 Å². The van der Waals surface area contributed by atoms with Crippen molar-refractivity contribution in [3.63, 3.8) is 0 Å². The Bertz CT molecular complexity index is 264. The number of allylic oxidation sites excluding steroid dienone is 1. The van der Waals surface area contributed by atoms with E-state index in [9.17, 15) is 9.59 Å². The predicted molar refractivity (Wildman–Crippen MR) is 59.4 cm³/mol. The number of rotatable bonds is 5. The average molecular weight is 212 g/mol. The first-order chi connectivity index (χ1) is 6.72. The Morgan fingerprint density at radius 2 is 1.73 bits per heavy atom. The largest absolute Gasteiger partial charge is 0.457 e. The van der Waals surface area contributed by atoms with E-state index in [0.717, 1.165) is 0 Å². The molecule has 0 N–H and O–H groups in total. The van der Waals surface area contributed by atoms with E-state index in [1.54, 1.807) is 26.8 Å². The summed E-state index contributed by atoms with van der Waals surface area (Å²) in [6.45, 7) is 12.5. The van der Waals surface area contributed by atoms with E-state index >= 15 is 0 Å². The highest BCUT2D eigenvalue weighted by Crippen LogP contribution is 2.28. The molecule has 3 heteroatoms. The fourth-order valence-corrected chi connectivity index (χ4v) is 0.964. The van der Waals surface area contributed by atoms with Crippen molar-refractivity contribution in [3.8, 4) is 0 Å². The molecule has 15 heavy (non-hydrogen) atoms. The summed E-state index contributed by atoms with van der Waals surface area (Å²) < 4.78 is 4.85. The molecule has 0 amide bonds. The summed E-state index contributed by atoms with van der Waals surface area (Å²) in [5.41, 5.74) is -0.396. The lowest BCUT2D eigenvalue weighted by molar-refractivity contribution is -0.159. The first kappa shape index (κ1) is 13.9. The molecule has 86 valence electrons. The SMILES string of the molecule is C=CC(C)(C)C(C)C(=O)C(=O)OC(C)C. The van der Waals surface area contributed by atoms with Crippen LogP contribution in [0.4, 0.5) is 0 Å². The number of hydrogen-bond acceptors (Lipinski definition) is 3. The van der Waals surface area contributed by atoms with Crippen LogP contribution >= 0.6 is 0 Å². The van der Waals surface area contributed by atoms with Crippen LogP contribution in [-0.4, -0.2) is 17.9 Å². The van der Waals surface area contributed by atoms with Crippen molar-refractivity contribution in [2.24, 2.45) is 11.3 Å². The first-order valence-corrected chi connectivity index (χ1v) is 5.10. The van der Waals surface area contributed by atoms with Gasteiger partial charge in [0.2, 0.25) is 5.78 Å². The molecule has 0 bridgehead atoms. The number of esters is 1. The number of Topliss-reactive ketones (excluding diaryl/α,β-unsaturated/α-hetero) is 1. The van der Waals surface area contributed by atoms with Crippen LogP contribution in [0.15, 0.2) is 12.7 Å². The third kappa shape index (κ3) is 3.86. The Morgan fingerprint density at radius 3 is 2.07 bits per heavy atom. The van der Waals surface area contributed by atoms with Crippen LogP contribution in [0.3, 0.4) is 0 Å². The van der Waals surface area contributed by atoms with Crippen molar-refractivity contribution >= 4 is 11.8 Å². The van der Waals surface area contributed by atoms with E-state index in [0.29, 0.717) is 0 Å². The first-order valence-electron chi connectivity index (χ1n) is 5.10. The van der Waals surface area contributed by atoms with Gasteiger partial charge in [0.25, 0.3) is 0 Å². The van der Waals surface area contributed by atoms with Crippen LogP contribution in [0.1, 0.15) is 34.6 Å². The molecule has 1 unspecified atom stereocenters. The molecule has 0 aliphatic rings. The zero-order valence-electron chi connectivity index (χ0n) is 10.2. The molecule has 0 fully saturated rings. The smallest absolute Gasteiger partial charge is 0.375 e. The topological polar surface area (TPSA) is 43.4 Å². The van der Waals surface area contributed by atoms with Crippen molar-refractivity contribution < 1.29 is 14.3 Å². The minimum atomic E-state index is -0.757. The highest BCUT2D eigenvalue weighted by molar-refractivity contribution is 6.34. The molecular weight excluding hydrogens is 192 g/mol. The third-order valence-corrected chi connectivity index (χ3v) is 2.58. The summed E-state index contributed by atoms with van der Waals surface area (Å²) >= 11 is 0. The molecule has 0 radical (unpaired) electrons. The summed E-state index contributed by atoms with van der Waals surface area (Å²) in [5, 5.41) is 0. The fourth-order valence-electron chi connectivity index (χ4n) is 0.964. The maximum Gasteiger partial charge on any atom is 0.375 e. The molecule has 0 aliphatic carbocycles. The summed E-state index contributed by atoms with van der Waals surface area (Å²) in [7, 11) is 0. The Hall–Kier alpha value is -1.12. The van der Waals surface area contributed by atoms with Gasteiger partial charge in [-0.1, -0.05) is 26.8 Å². The Kier molecular flexibility index (Phi) is 4.72. The summed E-state index contributed by atoms with van der Waals surface area (Å²) in [4.78, 5) is 23.0. The molecule has 0 aliphatic heterocycles. The van der Waals surface area contributed by atoms with E-state index in [-0.39, 0.29) is 6.10 Å². The van der Waals surface area contributed by atoms with Crippen LogP contribution < -0.4 is 0 Å². The van der Waals surface area contributed by atoms with Crippen LogP contribution in [-0.2, 0) is 14.3 Å². The Morgan fingerprint density at radius 1 is 1.27 bits per heavy atom. The number of ketones is 1. The molecule has 3 nitrogen and oxygen atoms in total.